The van der Waals surface area contributed by atoms with Crippen LogP contribution in [-0.4, -0.2) is 51.0 Å². The fraction of sp³-hybridized carbons (Fsp3) is 0.867. The third kappa shape index (κ3) is 2.74. The third-order valence-corrected chi connectivity index (χ3v) is 4.98. The molecule has 3 heterocycles. The average molecular weight is 278 g/mol. The Morgan fingerprint density at radius 2 is 2.00 bits per heavy atom. The zero-order chi connectivity index (χ0) is 13.9. The van der Waals surface area contributed by atoms with E-state index in [0.29, 0.717) is 0 Å². The first kappa shape index (κ1) is 14.0. The number of rotatable bonds is 4. The predicted molar refractivity (Wildman–Crippen MR) is 77.6 cm³/mol. The van der Waals surface area contributed by atoms with Crippen molar-refractivity contribution in [1.29, 1.82) is 0 Å². The second-order valence-corrected chi connectivity index (χ2v) is 6.21. The lowest BCUT2D eigenvalue weighted by Gasteiger charge is -2.31. The van der Waals surface area contributed by atoms with Gasteiger partial charge in [-0.15, -0.1) is 10.2 Å². The van der Waals surface area contributed by atoms with Gasteiger partial charge in [-0.2, -0.15) is 0 Å². The highest BCUT2D eigenvalue weighted by Gasteiger charge is 2.26. The van der Waals surface area contributed by atoms with Crippen LogP contribution in [0.5, 0.6) is 0 Å². The predicted octanol–water partition coefficient (Wildman–Crippen LogP) is 1.42. The maximum Gasteiger partial charge on any atom is 0.133 e. The zero-order valence-corrected chi connectivity index (χ0v) is 12.5. The molecule has 1 N–H and O–H groups in total. The summed E-state index contributed by atoms with van der Waals surface area (Å²) in [4.78, 5) is 2.52. The van der Waals surface area contributed by atoms with Gasteiger partial charge < -0.3 is 14.6 Å². The van der Waals surface area contributed by atoms with E-state index in [1.165, 1.54) is 32.5 Å². The molecule has 1 unspecified atom stereocenters. The van der Waals surface area contributed by atoms with Crippen LogP contribution in [-0.2, 0) is 12.8 Å². The van der Waals surface area contributed by atoms with Gasteiger partial charge in [0.15, 0.2) is 0 Å². The summed E-state index contributed by atoms with van der Waals surface area (Å²) in [6.45, 7) is 6.05. The molecule has 0 radical (unpaired) electrons. The van der Waals surface area contributed by atoms with Gasteiger partial charge in [-0.3, -0.25) is 0 Å². The molecule has 0 aromatic carbocycles. The number of likely N-dealkylation sites (tertiary alicyclic amines) is 1. The number of aliphatic hydroxyl groups is 1. The average Bonchev–Trinajstić information content (AvgIpc) is 2.91. The van der Waals surface area contributed by atoms with Crippen molar-refractivity contribution >= 4 is 0 Å². The number of hydrogen-bond donors (Lipinski definition) is 1. The molecule has 3 rings (SSSR count). The molecule has 5 heteroatoms. The number of aromatic nitrogens is 3. The van der Waals surface area contributed by atoms with E-state index >= 15 is 0 Å². The highest BCUT2D eigenvalue weighted by atomic mass is 16.3. The van der Waals surface area contributed by atoms with Gasteiger partial charge in [-0.25, -0.2) is 0 Å². The molecule has 1 fully saturated rings. The van der Waals surface area contributed by atoms with Crippen LogP contribution in [0.2, 0.25) is 0 Å². The highest BCUT2D eigenvalue weighted by Crippen LogP contribution is 2.28. The molecule has 0 bridgehead atoms. The monoisotopic (exact) mass is 278 g/mol. The lowest BCUT2D eigenvalue weighted by molar-refractivity contribution is 0.183. The highest BCUT2D eigenvalue weighted by molar-refractivity contribution is 5.03. The Morgan fingerprint density at radius 1 is 1.20 bits per heavy atom. The van der Waals surface area contributed by atoms with Crippen molar-refractivity contribution in [3.05, 3.63) is 11.6 Å². The van der Waals surface area contributed by atoms with Gasteiger partial charge in [-0.1, -0.05) is 6.92 Å². The van der Waals surface area contributed by atoms with Crippen LogP contribution in [0, 0.1) is 5.92 Å². The molecule has 1 aromatic heterocycles. The van der Waals surface area contributed by atoms with E-state index in [1.807, 2.05) is 0 Å². The summed E-state index contributed by atoms with van der Waals surface area (Å²) in [7, 11) is 0. The number of aliphatic hydroxyl groups excluding tert-OH is 1. The Labute approximate surface area is 121 Å². The zero-order valence-electron chi connectivity index (χ0n) is 12.5. The molecule has 0 saturated carbocycles. The molecule has 1 atom stereocenters. The van der Waals surface area contributed by atoms with Gasteiger partial charge in [-0.05, 0) is 51.2 Å². The molecule has 0 spiro atoms. The Morgan fingerprint density at radius 3 is 2.70 bits per heavy atom. The van der Waals surface area contributed by atoms with Crippen LogP contribution in [0.15, 0.2) is 0 Å². The number of fused-ring (bicyclic) bond motifs is 1. The van der Waals surface area contributed by atoms with Crippen molar-refractivity contribution in [2.24, 2.45) is 5.92 Å². The largest absolute Gasteiger partial charge is 0.394 e. The molecule has 20 heavy (non-hydrogen) atoms. The topological polar surface area (TPSA) is 54.2 Å². The van der Waals surface area contributed by atoms with E-state index in [-0.39, 0.29) is 12.6 Å². The van der Waals surface area contributed by atoms with Crippen molar-refractivity contribution < 1.29 is 5.11 Å². The summed E-state index contributed by atoms with van der Waals surface area (Å²) in [6, 6.07) is 0.208. The number of hydrogen-bond acceptors (Lipinski definition) is 4. The van der Waals surface area contributed by atoms with E-state index in [0.717, 1.165) is 43.3 Å². The Kier molecular flexibility index (Phi) is 4.36. The second-order valence-electron chi connectivity index (χ2n) is 6.21. The first-order valence-electron chi connectivity index (χ1n) is 8.07. The first-order chi connectivity index (χ1) is 9.81. The van der Waals surface area contributed by atoms with Crippen molar-refractivity contribution in [3.8, 4) is 0 Å². The Balaban J connectivity index is 1.68. The van der Waals surface area contributed by atoms with E-state index in [1.54, 1.807) is 0 Å². The Bertz CT molecular complexity index is 437. The molecule has 1 saturated heterocycles. The van der Waals surface area contributed by atoms with Crippen LogP contribution >= 0.6 is 0 Å². The minimum absolute atomic E-state index is 0.208. The van der Waals surface area contributed by atoms with Gasteiger partial charge in [0, 0.05) is 12.8 Å². The van der Waals surface area contributed by atoms with E-state index in [9.17, 15) is 5.11 Å². The fourth-order valence-electron chi connectivity index (χ4n) is 3.65. The van der Waals surface area contributed by atoms with Crippen molar-refractivity contribution in [2.75, 3.05) is 26.2 Å². The Hall–Kier alpha value is -0.940. The fourth-order valence-corrected chi connectivity index (χ4v) is 3.65. The minimum Gasteiger partial charge on any atom is -0.394 e. The third-order valence-electron chi connectivity index (χ3n) is 4.98. The summed E-state index contributed by atoms with van der Waals surface area (Å²) in [6.07, 6.45) is 6.75. The van der Waals surface area contributed by atoms with Gasteiger partial charge in [0.05, 0.1) is 12.6 Å². The van der Waals surface area contributed by atoms with Crippen LogP contribution in [0.25, 0.3) is 0 Å². The molecule has 0 amide bonds. The van der Waals surface area contributed by atoms with Gasteiger partial charge in [0.25, 0.3) is 0 Å². The molecule has 2 aliphatic rings. The molecule has 0 aliphatic carbocycles. The van der Waals surface area contributed by atoms with Crippen molar-refractivity contribution in [2.45, 2.75) is 51.5 Å². The second kappa shape index (κ2) is 6.22. The van der Waals surface area contributed by atoms with E-state index < -0.39 is 0 Å². The van der Waals surface area contributed by atoms with Crippen LogP contribution in [0.1, 0.15) is 50.3 Å². The van der Waals surface area contributed by atoms with Crippen molar-refractivity contribution in [3.63, 3.8) is 0 Å². The van der Waals surface area contributed by atoms with Crippen molar-refractivity contribution in [1.82, 2.24) is 19.7 Å². The van der Waals surface area contributed by atoms with Crippen LogP contribution in [0.4, 0.5) is 0 Å². The summed E-state index contributed by atoms with van der Waals surface area (Å²) in [5.41, 5.74) is 0. The summed E-state index contributed by atoms with van der Waals surface area (Å²) in [5, 5.41) is 18.3. The summed E-state index contributed by atoms with van der Waals surface area (Å²) in [5.74, 6) is 2.91. The normalized spacial score (nSPS) is 24.8. The van der Waals surface area contributed by atoms with Gasteiger partial charge in [0.1, 0.15) is 11.6 Å². The standard InChI is InChI=1S/C15H26N4O/c1-2-18-8-6-12(7-9-18)10-15-17-16-14-5-3-4-13(11-20)19(14)15/h12-13,20H,2-11H2,1H3. The number of nitrogens with zero attached hydrogens (tertiary/aromatic N) is 4. The minimum atomic E-state index is 0.208. The number of aryl methyl sites for hydroxylation is 1. The molecule has 1 aromatic rings. The quantitative estimate of drug-likeness (QED) is 0.905. The van der Waals surface area contributed by atoms with Gasteiger partial charge in [0.2, 0.25) is 0 Å². The molecule has 112 valence electrons. The maximum absolute atomic E-state index is 9.57. The molecule has 5 nitrogen and oxygen atoms in total. The summed E-state index contributed by atoms with van der Waals surface area (Å²) >= 11 is 0. The SMILES string of the molecule is CCN1CCC(Cc2nnc3n2C(CO)CCC3)CC1. The first-order valence-corrected chi connectivity index (χ1v) is 8.07. The smallest absolute Gasteiger partial charge is 0.133 e. The van der Waals surface area contributed by atoms with E-state index in [4.69, 9.17) is 0 Å². The van der Waals surface area contributed by atoms with E-state index in [2.05, 4.69) is 26.6 Å². The number of piperidine rings is 1. The van der Waals surface area contributed by atoms with Gasteiger partial charge >= 0.3 is 0 Å². The van der Waals surface area contributed by atoms with Crippen LogP contribution < -0.4 is 0 Å². The molecular weight excluding hydrogens is 252 g/mol. The molecular formula is C15H26N4O. The lowest BCUT2D eigenvalue weighted by atomic mass is 9.93. The molecule has 2 aliphatic heterocycles. The summed E-state index contributed by atoms with van der Waals surface area (Å²) < 4.78 is 2.23. The van der Waals surface area contributed by atoms with Crippen LogP contribution in [0.3, 0.4) is 0 Å². The lowest BCUT2D eigenvalue weighted by Crippen LogP contribution is -2.34. The maximum atomic E-state index is 9.57.